The topological polar surface area (TPSA) is 47.6 Å². The number of nitrogens with one attached hydrogen (secondary N) is 1. The minimum Gasteiger partial charge on any atom is -0.492 e. The lowest BCUT2D eigenvalue weighted by molar-refractivity contribution is -0.127. The summed E-state index contributed by atoms with van der Waals surface area (Å²) in [5.74, 6) is 1.38. The molecule has 2 aromatic carbocycles. The Morgan fingerprint density at radius 2 is 1.91 bits per heavy atom. The van der Waals surface area contributed by atoms with E-state index in [0.29, 0.717) is 13.2 Å². The molecule has 122 valence electrons. The van der Waals surface area contributed by atoms with Crippen molar-refractivity contribution in [3.05, 3.63) is 59.7 Å². The van der Waals surface area contributed by atoms with Crippen molar-refractivity contribution in [2.24, 2.45) is 0 Å². The van der Waals surface area contributed by atoms with Gasteiger partial charge < -0.3 is 14.8 Å². The molecule has 2 aromatic rings. The van der Waals surface area contributed by atoms with Crippen molar-refractivity contribution in [2.45, 2.75) is 26.9 Å². The van der Waals surface area contributed by atoms with Crippen LogP contribution in [0.3, 0.4) is 0 Å². The van der Waals surface area contributed by atoms with Crippen LogP contribution in [0.1, 0.15) is 18.1 Å². The van der Waals surface area contributed by atoms with Crippen LogP contribution in [0.15, 0.2) is 48.5 Å². The van der Waals surface area contributed by atoms with E-state index in [-0.39, 0.29) is 5.91 Å². The van der Waals surface area contributed by atoms with E-state index < -0.39 is 6.10 Å². The van der Waals surface area contributed by atoms with Gasteiger partial charge in [-0.3, -0.25) is 4.79 Å². The third kappa shape index (κ3) is 5.33. The van der Waals surface area contributed by atoms with Crippen molar-refractivity contribution in [1.82, 2.24) is 5.32 Å². The SMILES string of the molecule is Cc1cccc(OCCNC(=O)[C@@H](C)Oc2ccccc2C)c1. The van der Waals surface area contributed by atoms with Crippen LogP contribution in [0.2, 0.25) is 0 Å². The molecule has 1 atom stereocenters. The van der Waals surface area contributed by atoms with Gasteiger partial charge in [-0.25, -0.2) is 0 Å². The first kappa shape index (κ1) is 16.9. The summed E-state index contributed by atoms with van der Waals surface area (Å²) in [4.78, 5) is 12.0. The Morgan fingerprint density at radius 1 is 1.13 bits per heavy atom. The molecule has 0 aliphatic carbocycles. The van der Waals surface area contributed by atoms with Gasteiger partial charge in [0.1, 0.15) is 18.1 Å². The van der Waals surface area contributed by atoms with Crippen molar-refractivity contribution in [3.8, 4) is 11.5 Å². The maximum atomic E-state index is 12.0. The van der Waals surface area contributed by atoms with E-state index in [1.165, 1.54) is 0 Å². The van der Waals surface area contributed by atoms with Gasteiger partial charge in [0, 0.05) is 0 Å². The molecule has 23 heavy (non-hydrogen) atoms. The summed E-state index contributed by atoms with van der Waals surface area (Å²) in [6.07, 6.45) is -0.546. The fourth-order valence-corrected chi connectivity index (χ4v) is 2.12. The summed E-state index contributed by atoms with van der Waals surface area (Å²) < 4.78 is 11.3. The van der Waals surface area contributed by atoms with E-state index in [2.05, 4.69) is 5.32 Å². The molecule has 1 N–H and O–H groups in total. The highest BCUT2D eigenvalue weighted by molar-refractivity contribution is 5.80. The minimum absolute atomic E-state index is 0.152. The standard InChI is InChI=1S/C19H23NO3/c1-14-7-6-9-17(13-14)22-12-11-20-19(21)16(3)23-18-10-5-4-8-15(18)2/h4-10,13,16H,11-12H2,1-3H3,(H,20,21)/t16-/m1/s1. The molecule has 0 saturated carbocycles. The number of aryl methyl sites for hydroxylation is 2. The Labute approximate surface area is 137 Å². The van der Waals surface area contributed by atoms with Gasteiger partial charge in [0.05, 0.1) is 6.54 Å². The average Bonchev–Trinajstić information content (AvgIpc) is 2.53. The van der Waals surface area contributed by atoms with Crippen molar-refractivity contribution in [2.75, 3.05) is 13.2 Å². The molecule has 0 fully saturated rings. The Balaban J connectivity index is 1.73. The van der Waals surface area contributed by atoms with E-state index in [0.717, 1.165) is 22.6 Å². The fourth-order valence-electron chi connectivity index (χ4n) is 2.12. The van der Waals surface area contributed by atoms with E-state index in [1.54, 1.807) is 6.92 Å². The largest absolute Gasteiger partial charge is 0.492 e. The number of hydrogen-bond acceptors (Lipinski definition) is 3. The molecule has 0 aliphatic heterocycles. The maximum absolute atomic E-state index is 12.0. The van der Waals surface area contributed by atoms with Gasteiger partial charge in [-0.1, -0.05) is 30.3 Å². The number of benzene rings is 2. The zero-order chi connectivity index (χ0) is 16.7. The first-order valence-electron chi connectivity index (χ1n) is 7.76. The fraction of sp³-hybridized carbons (Fsp3) is 0.316. The van der Waals surface area contributed by atoms with Crippen molar-refractivity contribution < 1.29 is 14.3 Å². The van der Waals surface area contributed by atoms with E-state index in [1.807, 2.05) is 62.4 Å². The zero-order valence-corrected chi connectivity index (χ0v) is 13.8. The Hall–Kier alpha value is -2.49. The summed E-state index contributed by atoms with van der Waals surface area (Å²) in [5, 5.41) is 2.82. The molecule has 4 heteroatoms. The van der Waals surface area contributed by atoms with E-state index >= 15 is 0 Å². The predicted octanol–water partition coefficient (Wildman–Crippen LogP) is 3.27. The average molecular weight is 313 g/mol. The summed E-state index contributed by atoms with van der Waals surface area (Å²) in [5.41, 5.74) is 2.15. The molecule has 0 unspecified atom stereocenters. The number of hydrogen-bond donors (Lipinski definition) is 1. The molecule has 1 amide bonds. The van der Waals surface area contributed by atoms with Crippen LogP contribution in [0.4, 0.5) is 0 Å². The summed E-state index contributed by atoms with van der Waals surface area (Å²) in [7, 11) is 0. The summed E-state index contributed by atoms with van der Waals surface area (Å²) in [6.45, 7) is 6.57. The summed E-state index contributed by atoms with van der Waals surface area (Å²) in [6, 6.07) is 15.5. The number of rotatable bonds is 7. The van der Waals surface area contributed by atoms with Crippen LogP contribution in [0.5, 0.6) is 11.5 Å². The normalized spacial score (nSPS) is 11.6. The molecule has 0 saturated heterocycles. The molecule has 4 nitrogen and oxygen atoms in total. The first-order valence-corrected chi connectivity index (χ1v) is 7.76. The summed E-state index contributed by atoms with van der Waals surface area (Å²) >= 11 is 0. The molecule has 0 bridgehead atoms. The Bertz CT molecular complexity index is 655. The highest BCUT2D eigenvalue weighted by atomic mass is 16.5. The third-order valence-electron chi connectivity index (χ3n) is 3.43. The first-order chi connectivity index (χ1) is 11.1. The van der Waals surface area contributed by atoms with Crippen LogP contribution in [-0.4, -0.2) is 25.2 Å². The molecular formula is C19H23NO3. The molecule has 0 aliphatic rings. The smallest absolute Gasteiger partial charge is 0.260 e. The van der Waals surface area contributed by atoms with Crippen molar-refractivity contribution >= 4 is 5.91 Å². The van der Waals surface area contributed by atoms with Gasteiger partial charge in [-0.15, -0.1) is 0 Å². The zero-order valence-electron chi connectivity index (χ0n) is 13.8. The molecule has 0 aromatic heterocycles. The number of carbonyl (C=O) groups is 1. The molecule has 0 heterocycles. The van der Waals surface area contributed by atoms with Crippen molar-refractivity contribution in [3.63, 3.8) is 0 Å². The quantitative estimate of drug-likeness (QED) is 0.798. The van der Waals surface area contributed by atoms with Crippen LogP contribution >= 0.6 is 0 Å². The Kier molecular flexibility index (Phi) is 6.03. The number of ether oxygens (including phenoxy) is 2. The van der Waals surface area contributed by atoms with E-state index in [4.69, 9.17) is 9.47 Å². The van der Waals surface area contributed by atoms with Gasteiger partial charge in [0.25, 0.3) is 5.91 Å². The maximum Gasteiger partial charge on any atom is 0.260 e. The number of carbonyl (C=O) groups excluding carboxylic acids is 1. The second-order valence-electron chi connectivity index (χ2n) is 5.48. The highest BCUT2D eigenvalue weighted by Crippen LogP contribution is 2.17. The lowest BCUT2D eigenvalue weighted by Crippen LogP contribution is -2.38. The van der Waals surface area contributed by atoms with Gasteiger partial charge in [0.15, 0.2) is 6.10 Å². The number of para-hydroxylation sites is 1. The molecule has 2 rings (SSSR count). The third-order valence-corrected chi connectivity index (χ3v) is 3.43. The molecule has 0 spiro atoms. The van der Waals surface area contributed by atoms with Gasteiger partial charge in [-0.05, 0) is 50.1 Å². The monoisotopic (exact) mass is 313 g/mol. The van der Waals surface area contributed by atoms with Crippen LogP contribution in [0, 0.1) is 13.8 Å². The van der Waals surface area contributed by atoms with Gasteiger partial charge in [-0.2, -0.15) is 0 Å². The predicted molar refractivity (Wildman–Crippen MR) is 91.0 cm³/mol. The second-order valence-corrected chi connectivity index (χ2v) is 5.48. The molecular weight excluding hydrogens is 290 g/mol. The minimum atomic E-state index is -0.546. The van der Waals surface area contributed by atoms with E-state index in [9.17, 15) is 4.79 Å². The van der Waals surface area contributed by atoms with Gasteiger partial charge >= 0.3 is 0 Å². The Morgan fingerprint density at radius 3 is 2.65 bits per heavy atom. The number of amides is 1. The highest BCUT2D eigenvalue weighted by Gasteiger charge is 2.14. The lowest BCUT2D eigenvalue weighted by atomic mass is 10.2. The van der Waals surface area contributed by atoms with Crippen molar-refractivity contribution in [1.29, 1.82) is 0 Å². The van der Waals surface area contributed by atoms with Crippen LogP contribution in [0.25, 0.3) is 0 Å². The lowest BCUT2D eigenvalue weighted by Gasteiger charge is -2.16. The van der Waals surface area contributed by atoms with Crippen LogP contribution in [-0.2, 0) is 4.79 Å². The van der Waals surface area contributed by atoms with Gasteiger partial charge in [0.2, 0.25) is 0 Å². The second kappa shape index (κ2) is 8.22. The molecule has 0 radical (unpaired) electrons. The van der Waals surface area contributed by atoms with Crippen LogP contribution < -0.4 is 14.8 Å².